The number of hydrogen-bond donors (Lipinski definition) is 0. The van der Waals surface area contributed by atoms with Crippen molar-refractivity contribution in [1.82, 2.24) is 4.98 Å². The molecule has 0 aliphatic heterocycles. The number of rotatable bonds is 3. The van der Waals surface area contributed by atoms with Crippen LogP contribution in [0.2, 0.25) is 0 Å². The van der Waals surface area contributed by atoms with Crippen molar-refractivity contribution in [2.45, 2.75) is 18.7 Å². The summed E-state index contributed by atoms with van der Waals surface area (Å²) in [6.07, 6.45) is -7.62. The lowest BCUT2D eigenvalue weighted by molar-refractivity contribution is -0.275. The highest BCUT2D eigenvalue weighted by Crippen LogP contribution is 2.38. The van der Waals surface area contributed by atoms with Crippen LogP contribution in [0.4, 0.5) is 22.0 Å². The molecule has 0 fully saturated rings. The third kappa shape index (κ3) is 3.67. The summed E-state index contributed by atoms with van der Waals surface area (Å²) >= 11 is 8.19. The zero-order valence-electron chi connectivity index (χ0n) is 7.86. The number of pyridine rings is 1. The van der Waals surface area contributed by atoms with Crippen LogP contribution in [0, 0.1) is 0 Å². The predicted octanol–water partition coefficient (Wildman–Crippen LogP) is 4.42. The molecule has 0 amide bonds. The molecule has 0 bridgehead atoms. The Hall–Kier alpha value is -0.630. The monoisotopic (exact) mass is 339 g/mol. The topological polar surface area (TPSA) is 22.1 Å². The SMILES string of the molecule is FC(F)c1cnc(Br)c(CCl)c1OC(F)(F)F. The highest BCUT2D eigenvalue weighted by atomic mass is 79.9. The Morgan fingerprint density at radius 3 is 2.41 bits per heavy atom. The number of aromatic nitrogens is 1. The van der Waals surface area contributed by atoms with E-state index < -0.39 is 30.0 Å². The molecule has 0 radical (unpaired) electrons. The second kappa shape index (κ2) is 5.34. The summed E-state index contributed by atoms with van der Waals surface area (Å²) in [7, 11) is 0. The van der Waals surface area contributed by atoms with Crippen LogP contribution in [0.25, 0.3) is 0 Å². The number of hydrogen-bond acceptors (Lipinski definition) is 2. The molecule has 1 rings (SSSR count). The number of halogens is 7. The van der Waals surface area contributed by atoms with E-state index in [0.29, 0.717) is 6.20 Å². The number of alkyl halides is 6. The van der Waals surface area contributed by atoms with Crippen molar-refractivity contribution in [3.05, 3.63) is 21.9 Å². The van der Waals surface area contributed by atoms with Gasteiger partial charge in [0.25, 0.3) is 6.43 Å². The normalized spacial score (nSPS) is 12.0. The molecule has 0 atom stereocenters. The fourth-order valence-corrected chi connectivity index (χ4v) is 1.87. The maximum Gasteiger partial charge on any atom is 0.573 e. The van der Waals surface area contributed by atoms with Crippen LogP contribution in [0.3, 0.4) is 0 Å². The zero-order valence-corrected chi connectivity index (χ0v) is 10.2. The van der Waals surface area contributed by atoms with E-state index in [2.05, 4.69) is 25.7 Å². The van der Waals surface area contributed by atoms with Crippen LogP contribution in [0.15, 0.2) is 10.8 Å². The van der Waals surface area contributed by atoms with Gasteiger partial charge in [-0.25, -0.2) is 13.8 Å². The lowest BCUT2D eigenvalue weighted by Crippen LogP contribution is -2.19. The van der Waals surface area contributed by atoms with E-state index in [9.17, 15) is 22.0 Å². The van der Waals surface area contributed by atoms with Crippen LogP contribution in [0.5, 0.6) is 5.75 Å². The van der Waals surface area contributed by atoms with Crippen LogP contribution in [0.1, 0.15) is 17.6 Å². The van der Waals surface area contributed by atoms with Crippen molar-refractivity contribution in [2.75, 3.05) is 0 Å². The Balaban J connectivity index is 3.34. The predicted molar refractivity (Wildman–Crippen MR) is 53.1 cm³/mol. The molecule has 2 nitrogen and oxygen atoms in total. The van der Waals surface area contributed by atoms with Gasteiger partial charge in [0.1, 0.15) is 10.4 Å². The van der Waals surface area contributed by atoms with Crippen molar-refractivity contribution >= 4 is 27.5 Å². The van der Waals surface area contributed by atoms with Crippen LogP contribution >= 0.6 is 27.5 Å². The van der Waals surface area contributed by atoms with Gasteiger partial charge in [-0.15, -0.1) is 24.8 Å². The zero-order chi connectivity index (χ0) is 13.2. The first-order chi connectivity index (χ1) is 7.76. The molecule has 0 spiro atoms. The van der Waals surface area contributed by atoms with Crippen LogP contribution < -0.4 is 4.74 Å². The van der Waals surface area contributed by atoms with Gasteiger partial charge in [-0.2, -0.15) is 0 Å². The van der Waals surface area contributed by atoms with Crippen molar-refractivity contribution in [3.8, 4) is 5.75 Å². The molecule has 1 aromatic rings. The van der Waals surface area contributed by atoms with E-state index in [4.69, 9.17) is 11.6 Å². The fraction of sp³-hybridized carbons (Fsp3) is 0.375. The molecule has 17 heavy (non-hydrogen) atoms. The Labute approximate surface area is 106 Å². The molecular weight excluding hydrogens is 336 g/mol. The minimum Gasteiger partial charge on any atom is -0.405 e. The maximum atomic E-state index is 12.5. The molecule has 0 saturated carbocycles. The van der Waals surface area contributed by atoms with E-state index in [1.54, 1.807) is 0 Å². The van der Waals surface area contributed by atoms with E-state index in [1.807, 2.05) is 0 Å². The van der Waals surface area contributed by atoms with Gasteiger partial charge in [-0.3, -0.25) is 0 Å². The summed E-state index contributed by atoms with van der Waals surface area (Å²) in [5.41, 5.74) is -1.23. The van der Waals surface area contributed by atoms with Gasteiger partial charge in [-0.05, 0) is 15.9 Å². The van der Waals surface area contributed by atoms with E-state index in [-0.39, 0.29) is 10.2 Å². The molecule has 0 aliphatic carbocycles. The Bertz CT molecular complexity index is 412. The van der Waals surface area contributed by atoms with E-state index >= 15 is 0 Å². The van der Waals surface area contributed by atoms with Gasteiger partial charge in [0.2, 0.25) is 0 Å². The number of ether oxygens (including phenoxy) is 1. The highest BCUT2D eigenvalue weighted by Gasteiger charge is 2.35. The van der Waals surface area contributed by atoms with E-state index in [0.717, 1.165) is 0 Å². The summed E-state index contributed by atoms with van der Waals surface area (Å²) in [5, 5.41) is 0. The van der Waals surface area contributed by atoms with Gasteiger partial charge in [0.15, 0.2) is 0 Å². The average molecular weight is 340 g/mol. The second-order valence-electron chi connectivity index (χ2n) is 2.79. The third-order valence-corrected chi connectivity index (χ3v) is 2.64. The standard InChI is InChI=1S/C8H4BrClF5NO/c9-6-3(1-10)5(17-8(13,14)15)4(2-16-6)7(11)12/h2,7H,1H2. The molecule has 0 saturated heterocycles. The van der Waals surface area contributed by atoms with Gasteiger partial charge in [-0.1, -0.05) is 0 Å². The molecule has 0 aliphatic rings. The van der Waals surface area contributed by atoms with Crippen molar-refractivity contribution in [2.24, 2.45) is 0 Å². The third-order valence-electron chi connectivity index (χ3n) is 1.69. The smallest absolute Gasteiger partial charge is 0.405 e. The number of nitrogens with zero attached hydrogens (tertiary/aromatic N) is 1. The van der Waals surface area contributed by atoms with Gasteiger partial charge < -0.3 is 4.74 Å². The first kappa shape index (κ1) is 14.4. The minimum absolute atomic E-state index is 0.0730. The van der Waals surface area contributed by atoms with Crippen LogP contribution in [-0.2, 0) is 5.88 Å². The second-order valence-corrected chi connectivity index (χ2v) is 3.81. The molecule has 0 aromatic carbocycles. The van der Waals surface area contributed by atoms with Crippen molar-refractivity contribution in [1.29, 1.82) is 0 Å². The fourth-order valence-electron chi connectivity index (χ4n) is 1.04. The molecule has 1 aromatic heterocycles. The summed E-state index contributed by atoms with van der Waals surface area (Å²) in [6, 6.07) is 0. The highest BCUT2D eigenvalue weighted by molar-refractivity contribution is 9.10. The average Bonchev–Trinajstić information content (AvgIpc) is 2.15. The summed E-state index contributed by atoms with van der Waals surface area (Å²) < 4.78 is 64.8. The first-order valence-corrected chi connectivity index (χ1v) is 5.36. The Morgan fingerprint density at radius 2 is 2.00 bits per heavy atom. The van der Waals surface area contributed by atoms with Crippen molar-refractivity contribution < 1.29 is 26.7 Å². The van der Waals surface area contributed by atoms with E-state index in [1.165, 1.54) is 0 Å². The Morgan fingerprint density at radius 1 is 1.41 bits per heavy atom. The van der Waals surface area contributed by atoms with Gasteiger partial charge in [0, 0.05) is 11.8 Å². The molecule has 96 valence electrons. The maximum absolute atomic E-state index is 12.5. The summed E-state index contributed by atoms with van der Waals surface area (Å²) in [4.78, 5) is 3.47. The lowest BCUT2D eigenvalue weighted by Gasteiger charge is -2.16. The lowest BCUT2D eigenvalue weighted by atomic mass is 10.2. The van der Waals surface area contributed by atoms with Crippen molar-refractivity contribution in [3.63, 3.8) is 0 Å². The molecule has 9 heteroatoms. The molecule has 1 heterocycles. The molecule has 0 unspecified atom stereocenters. The summed E-state index contributed by atoms with van der Waals surface area (Å²) in [5.74, 6) is -1.45. The van der Waals surface area contributed by atoms with Gasteiger partial charge in [0.05, 0.1) is 11.4 Å². The quantitative estimate of drug-likeness (QED) is 0.462. The largest absolute Gasteiger partial charge is 0.573 e. The summed E-state index contributed by atoms with van der Waals surface area (Å²) in [6.45, 7) is 0. The van der Waals surface area contributed by atoms with Crippen LogP contribution in [-0.4, -0.2) is 11.3 Å². The molecular formula is C8H4BrClF5NO. The minimum atomic E-state index is -5.08. The first-order valence-electron chi connectivity index (χ1n) is 4.03. The van der Waals surface area contributed by atoms with Gasteiger partial charge >= 0.3 is 6.36 Å². The Kier molecular flexibility index (Phi) is 4.54. The molecule has 0 N–H and O–H groups in total.